The maximum Gasteiger partial charge on any atom is 0.314 e. The summed E-state index contributed by atoms with van der Waals surface area (Å²) in [6.07, 6.45) is 22.2. The topological polar surface area (TPSA) is 223 Å². The van der Waals surface area contributed by atoms with Crippen molar-refractivity contribution in [3.05, 3.63) is 96.8 Å². The molecule has 3 aliphatic carbocycles. The lowest BCUT2D eigenvalue weighted by Gasteiger charge is -2.21. The molecule has 18 heteroatoms. The number of benzene rings is 3. The van der Waals surface area contributed by atoms with E-state index in [9.17, 15) is 52.9 Å². The van der Waals surface area contributed by atoms with Gasteiger partial charge in [-0.05, 0) is 86.6 Å². The van der Waals surface area contributed by atoms with Gasteiger partial charge in [0.25, 0.3) is 17.7 Å². The van der Waals surface area contributed by atoms with Crippen molar-refractivity contribution in [2.24, 2.45) is 17.8 Å². The Morgan fingerprint density at radius 1 is 0.619 bits per heavy atom. The fourth-order valence-corrected chi connectivity index (χ4v) is 7.80. The van der Waals surface area contributed by atoms with Crippen LogP contribution in [0.15, 0.2) is 42.5 Å². The zero-order valence-electron chi connectivity index (χ0n) is 35.0. The molecule has 0 aromatic heterocycles. The van der Waals surface area contributed by atoms with E-state index >= 15 is 0 Å². The summed E-state index contributed by atoms with van der Waals surface area (Å²) in [6, 6.07) is 7.30. The van der Waals surface area contributed by atoms with Crippen molar-refractivity contribution in [3.8, 4) is 29.6 Å². The fraction of sp³-hybridized carbons (Fsp3) is 0.489. The number of carbonyl (C=O) groups excluding carboxylic acids is 3. The van der Waals surface area contributed by atoms with Gasteiger partial charge in [-0.3, -0.25) is 34.6 Å². The number of ether oxygens (including phenoxy) is 1. The molecule has 15 nitrogen and oxygen atoms in total. The summed E-state index contributed by atoms with van der Waals surface area (Å²) < 4.78 is 45.5. The van der Waals surface area contributed by atoms with Gasteiger partial charge in [-0.15, -0.1) is 6.42 Å². The van der Waals surface area contributed by atoms with Crippen molar-refractivity contribution in [2.75, 3.05) is 26.2 Å². The van der Waals surface area contributed by atoms with Gasteiger partial charge in [0.1, 0.15) is 6.61 Å². The summed E-state index contributed by atoms with van der Waals surface area (Å²) in [4.78, 5) is 56.0. The first-order valence-electron chi connectivity index (χ1n) is 21.2. The number of amides is 3. The number of phenols is 2. The molecule has 3 aromatic rings. The van der Waals surface area contributed by atoms with Crippen LogP contribution in [0.1, 0.15) is 127 Å². The van der Waals surface area contributed by atoms with E-state index in [2.05, 4.69) is 21.9 Å². The lowest BCUT2D eigenvalue weighted by atomic mass is 9.89. The Kier molecular flexibility index (Phi) is 19.5. The van der Waals surface area contributed by atoms with Crippen LogP contribution in [0.25, 0.3) is 0 Å². The summed E-state index contributed by atoms with van der Waals surface area (Å²) in [5.41, 5.74) is -1.44. The third-order valence-electron chi connectivity index (χ3n) is 11.3. The van der Waals surface area contributed by atoms with Gasteiger partial charge in [0, 0.05) is 48.5 Å². The number of nitro benzene ring substituents is 2. The molecule has 0 saturated heterocycles. The number of carbonyl (C=O) groups is 3. The molecule has 3 saturated carbocycles. The van der Waals surface area contributed by atoms with Gasteiger partial charge in [-0.25, -0.2) is 13.2 Å². The Morgan fingerprint density at radius 2 is 1.02 bits per heavy atom. The third kappa shape index (κ3) is 15.5. The molecule has 6 rings (SSSR count). The highest BCUT2D eigenvalue weighted by atomic mass is 19.1. The van der Waals surface area contributed by atoms with Crippen LogP contribution in [0, 0.1) is 67.8 Å². The van der Waals surface area contributed by atoms with Crippen LogP contribution in [-0.4, -0.2) is 64.0 Å². The molecule has 3 fully saturated rings. The number of nitrogens with one attached hydrogen (secondary N) is 3. The first kappa shape index (κ1) is 49.3. The van der Waals surface area contributed by atoms with Crippen LogP contribution in [0.5, 0.6) is 17.2 Å². The lowest BCUT2D eigenvalue weighted by molar-refractivity contribution is -0.386. The number of nitro groups is 2. The normalized spacial score (nSPS) is 15.5. The molecule has 63 heavy (non-hydrogen) atoms. The minimum absolute atomic E-state index is 0.108. The molecular formula is C45H54F3N5O10. The highest BCUT2D eigenvalue weighted by Crippen LogP contribution is 2.33. The number of aromatic hydroxyl groups is 2. The zero-order valence-corrected chi connectivity index (χ0v) is 35.0. The molecular weight excluding hydrogens is 828 g/mol. The fourth-order valence-electron chi connectivity index (χ4n) is 7.80. The molecule has 0 heterocycles. The molecule has 3 amide bonds. The molecule has 0 atom stereocenters. The number of halogens is 3. The van der Waals surface area contributed by atoms with Gasteiger partial charge in [-0.1, -0.05) is 63.7 Å². The Morgan fingerprint density at radius 3 is 1.43 bits per heavy atom. The molecule has 0 radical (unpaired) electrons. The predicted molar refractivity (Wildman–Crippen MR) is 227 cm³/mol. The lowest BCUT2D eigenvalue weighted by Crippen LogP contribution is -2.30. The van der Waals surface area contributed by atoms with Crippen molar-refractivity contribution in [2.45, 2.75) is 96.3 Å². The Balaban J connectivity index is 0.000000209. The summed E-state index contributed by atoms with van der Waals surface area (Å²) in [5, 5.41) is 48.3. The van der Waals surface area contributed by atoms with E-state index in [4.69, 9.17) is 16.3 Å². The number of rotatable bonds is 13. The van der Waals surface area contributed by atoms with E-state index in [1.165, 1.54) is 44.2 Å². The monoisotopic (exact) mass is 881 g/mol. The average molecular weight is 882 g/mol. The summed E-state index contributed by atoms with van der Waals surface area (Å²) in [6.45, 7) is 1.32. The van der Waals surface area contributed by atoms with Gasteiger partial charge in [0.2, 0.25) is 11.5 Å². The smallest absolute Gasteiger partial charge is 0.314 e. The van der Waals surface area contributed by atoms with Crippen LogP contribution >= 0.6 is 0 Å². The number of hydrogen-bond acceptors (Lipinski definition) is 10. The minimum Gasteiger partial charge on any atom is -0.505 e. The molecule has 0 aliphatic heterocycles. The van der Waals surface area contributed by atoms with Crippen molar-refractivity contribution < 1.29 is 52.4 Å². The van der Waals surface area contributed by atoms with E-state index < -0.39 is 67.7 Å². The van der Waals surface area contributed by atoms with Gasteiger partial charge < -0.3 is 30.9 Å². The maximum atomic E-state index is 14.1. The molecule has 0 unspecified atom stereocenters. The molecule has 340 valence electrons. The van der Waals surface area contributed by atoms with Crippen molar-refractivity contribution in [3.63, 3.8) is 0 Å². The van der Waals surface area contributed by atoms with Crippen LogP contribution in [0.4, 0.5) is 24.5 Å². The average Bonchev–Trinajstić information content (AvgIpc) is 3.29. The van der Waals surface area contributed by atoms with Crippen molar-refractivity contribution in [1.29, 1.82) is 0 Å². The predicted octanol–water partition coefficient (Wildman–Crippen LogP) is 8.65. The highest BCUT2D eigenvalue weighted by Gasteiger charge is 2.26. The Labute approximate surface area is 363 Å². The first-order chi connectivity index (χ1) is 30.2. The Hall–Kier alpha value is -6.38. The van der Waals surface area contributed by atoms with Gasteiger partial charge in [0.05, 0.1) is 9.85 Å². The van der Waals surface area contributed by atoms with Crippen molar-refractivity contribution in [1.82, 2.24) is 16.0 Å². The van der Waals surface area contributed by atoms with E-state index in [0.29, 0.717) is 37.4 Å². The second-order valence-electron chi connectivity index (χ2n) is 15.9. The summed E-state index contributed by atoms with van der Waals surface area (Å²) in [5.74, 6) is -2.88. The van der Waals surface area contributed by atoms with Gasteiger partial charge in [-0.2, -0.15) is 0 Å². The van der Waals surface area contributed by atoms with E-state index in [-0.39, 0.29) is 29.2 Å². The van der Waals surface area contributed by atoms with Crippen LogP contribution in [0.3, 0.4) is 0 Å². The number of nitrogens with zero attached hydrogens (tertiary/aromatic N) is 2. The highest BCUT2D eigenvalue weighted by molar-refractivity contribution is 5.96. The summed E-state index contributed by atoms with van der Waals surface area (Å²) in [7, 11) is 0. The maximum absolute atomic E-state index is 14.1. The largest absolute Gasteiger partial charge is 0.505 e. The number of phenolic OH excluding ortho intramolecular Hbond substituents is 2. The molecule has 0 bridgehead atoms. The van der Waals surface area contributed by atoms with Crippen LogP contribution in [-0.2, 0) is 0 Å². The molecule has 5 N–H and O–H groups in total. The first-order valence-corrected chi connectivity index (χ1v) is 21.2. The molecule has 3 aromatic carbocycles. The van der Waals surface area contributed by atoms with E-state index in [1.54, 1.807) is 0 Å². The van der Waals surface area contributed by atoms with E-state index in [0.717, 1.165) is 94.5 Å². The van der Waals surface area contributed by atoms with Crippen molar-refractivity contribution >= 4 is 29.1 Å². The molecule has 3 aliphatic rings. The second kappa shape index (κ2) is 24.9. The third-order valence-corrected chi connectivity index (χ3v) is 11.3. The standard InChI is InChI=1S/C17H19FN2O4.C14H17FN2O4.C14H18FNO2/c1-2-8-24-16-14(18)9-13(10-15(16)20(22)23)17(21)19-11-12-6-4-3-5-7-12;15-11-6-10(7-12(13(11)18)17(20)21)14(19)16-8-9-4-2-1-3-5-9;15-12-8-11(6-7-13(12)17)14(18)16-9-10-4-2-1-3-5-10/h1,9-10,12H,3-8,11H2,(H,19,21);6-7,9,18H,1-5,8H2,(H,16,19);6-8,10,17H,1-5,9H2,(H,16,18). The Bertz CT molecular complexity index is 2110. The molecule has 0 spiro atoms. The SMILES string of the molecule is C#CCOc1c(F)cc(C(=O)NCC2CCCCC2)cc1[N+](=O)[O-].O=C(NCC1CCCCC1)c1cc(F)c(O)c([N+](=O)[O-])c1.O=C(NCC1CCCCC1)c1ccc(O)c(F)c1. The van der Waals surface area contributed by atoms with Crippen LogP contribution < -0.4 is 20.7 Å². The number of terminal acetylenes is 1. The van der Waals surface area contributed by atoms with Gasteiger partial charge >= 0.3 is 11.4 Å². The number of hydrogen-bond donors (Lipinski definition) is 5. The van der Waals surface area contributed by atoms with Crippen LogP contribution in [0.2, 0.25) is 0 Å². The van der Waals surface area contributed by atoms with E-state index in [1.807, 2.05) is 0 Å². The summed E-state index contributed by atoms with van der Waals surface area (Å²) >= 11 is 0. The van der Waals surface area contributed by atoms with Gasteiger partial charge in [0.15, 0.2) is 23.2 Å². The second-order valence-corrected chi connectivity index (χ2v) is 15.9. The zero-order chi connectivity index (χ0) is 45.9. The minimum atomic E-state index is -1.17. The quantitative estimate of drug-likeness (QED) is 0.0624.